The summed E-state index contributed by atoms with van der Waals surface area (Å²) in [5, 5.41) is 3.09. The number of alkyl halides is 3. The van der Waals surface area contributed by atoms with Gasteiger partial charge in [-0.2, -0.15) is 13.2 Å². The fraction of sp³-hybridized carbons (Fsp3) is 0.571. The van der Waals surface area contributed by atoms with Gasteiger partial charge >= 0.3 is 6.18 Å². The molecule has 7 heteroatoms. The minimum absolute atomic E-state index is 0.00106. The van der Waals surface area contributed by atoms with Crippen LogP contribution in [0.25, 0.3) is 0 Å². The van der Waals surface area contributed by atoms with Gasteiger partial charge in [-0.15, -0.1) is 0 Å². The molecule has 1 N–H and O–H groups in total. The topological polar surface area (TPSA) is 15.3 Å². The third kappa shape index (κ3) is 4.38. The van der Waals surface area contributed by atoms with Crippen LogP contribution >= 0.6 is 0 Å². The van der Waals surface area contributed by atoms with Crippen molar-refractivity contribution < 1.29 is 22.0 Å². The summed E-state index contributed by atoms with van der Waals surface area (Å²) in [4.78, 5) is 1.78. The molecule has 2 rings (SSSR count). The van der Waals surface area contributed by atoms with Gasteiger partial charge in [0.1, 0.15) is 0 Å². The SMILES string of the molecule is Fc1cccc([C@H](CCC(F)(F)F)N2CCNCC2)c1F. The van der Waals surface area contributed by atoms with E-state index in [0.717, 1.165) is 6.07 Å². The standard InChI is InChI=1S/C14H17F5N2/c15-11-3-1-2-10(13(11)16)12(4-5-14(17,18)19)21-8-6-20-7-9-21/h1-3,12,20H,4-9H2/t12-/m0/s1. The van der Waals surface area contributed by atoms with Gasteiger partial charge in [-0.3, -0.25) is 4.90 Å². The average Bonchev–Trinajstić information content (AvgIpc) is 2.43. The highest BCUT2D eigenvalue weighted by Gasteiger charge is 2.32. The second-order valence-corrected chi connectivity index (χ2v) is 5.10. The first-order valence-corrected chi connectivity index (χ1v) is 6.84. The molecule has 0 spiro atoms. The predicted molar refractivity (Wildman–Crippen MR) is 68.8 cm³/mol. The van der Waals surface area contributed by atoms with Gasteiger partial charge in [0.15, 0.2) is 11.6 Å². The van der Waals surface area contributed by atoms with Crippen LogP contribution in [0.2, 0.25) is 0 Å². The van der Waals surface area contributed by atoms with E-state index >= 15 is 0 Å². The molecular formula is C14H17F5N2. The van der Waals surface area contributed by atoms with E-state index in [9.17, 15) is 22.0 Å². The van der Waals surface area contributed by atoms with Gasteiger partial charge in [0.05, 0.1) is 0 Å². The van der Waals surface area contributed by atoms with Crippen molar-refractivity contribution in [2.45, 2.75) is 25.1 Å². The third-order valence-corrected chi connectivity index (χ3v) is 3.63. The lowest BCUT2D eigenvalue weighted by molar-refractivity contribution is -0.138. The first-order valence-electron chi connectivity index (χ1n) is 6.84. The minimum atomic E-state index is -4.31. The van der Waals surface area contributed by atoms with Crippen molar-refractivity contribution in [3.63, 3.8) is 0 Å². The second kappa shape index (κ2) is 6.70. The highest BCUT2D eigenvalue weighted by atomic mass is 19.4. The van der Waals surface area contributed by atoms with Crippen LogP contribution in [0.4, 0.5) is 22.0 Å². The van der Waals surface area contributed by atoms with Crippen molar-refractivity contribution in [1.82, 2.24) is 10.2 Å². The van der Waals surface area contributed by atoms with Gasteiger partial charge in [0.25, 0.3) is 0 Å². The number of piperazine rings is 1. The monoisotopic (exact) mass is 308 g/mol. The summed E-state index contributed by atoms with van der Waals surface area (Å²) < 4.78 is 64.7. The minimum Gasteiger partial charge on any atom is -0.314 e. The van der Waals surface area contributed by atoms with E-state index in [2.05, 4.69) is 5.32 Å². The number of nitrogens with one attached hydrogen (secondary N) is 1. The van der Waals surface area contributed by atoms with Gasteiger partial charge in [-0.25, -0.2) is 8.78 Å². The van der Waals surface area contributed by atoms with Gasteiger partial charge in [-0.05, 0) is 12.5 Å². The van der Waals surface area contributed by atoms with E-state index in [0.29, 0.717) is 26.2 Å². The first kappa shape index (κ1) is 16.2. The molecule has 118 valence electrons. The summed E-state index contributed by atoms with van der Waals surface area (Å²) in [6, 6.07) is 2.90. The summed E-state index contributed by atoms with van der Waals surface area (Å²) in [5.74, 6) is -2.08. The second-order valence-electron chi connectivity index (χ2n) is 5.10. The Hall–Kier alpha value is -1.21. The van der Waals surface area contributed by atoms with Crippen molar-refractivity contribution in [2.24, 2.45) is 0 Å². The lowest BCUT2D eigenvalue weighted by Gasteiger charge is -2.35. The van der Waals surface area contributed by atoms with Crippen LogP contribution in [0.1, 0.15) is 24.4 Å². The van der Waals surface area contributed by atoms with E-state index in [1.54, 1.807) is 4.90 Å². The Morgan fingerprint density at radius 1 is 1.14 bits per heavy atom. The van der Waals surface area contributed by atoms with Crippen LogP contribution in [0.5, 0.6) is 0 Å². The summed E-state index contributed by atoms with van der Waals surface area (Å²) in [5.41, 5.74) is 0.00106. The summed E-state index contributed by atoms with van der Waals surface area (Å²) in [7, 11) is 0. The smallest absolute Gasteiger partial charge is 0.314 e. The average molecular weight is 308 g/mol. The third-order valence-electron chi connectivity index (χ3n) is 3.63. The molecule has 1 atom stereocenters. The van der Waals surface area contributed by atoms with Crippen molar-refractivity contribution >= 4 is 0 Å². The van der Waals surface area contributed by atoms with Gasteiger partial charge in [-0.1, -0.05) is 12.1 Å². The maximum atomic E-state index is 13.9. The quantitative estimate of drug-likeness (QED) is 0.859. The summed E-state index contributed by atoms with van der Waals surface area (Å²) in [6.07, 6.45) is -5.60. The highest BCUT2D eigenvalue weighted by Crippen LogP contribution is 2.33. The van der Waals surface area contributed by atoms with Crippen LogP contribution in [0.3, 0.4) is 0 Å². The lowest BCUT2D eigenvalue weighted by atomic mass is 9.98. The zero-order valence-corrected chi connectivity index (χ0v) is 11.4. The van der Waals surface area contributed by atoms with E-state index < -0.39 is 30.3 Å². The van der Waals surface area contributed by atoms with Gasteiger partial charge < -0.3 is 5.32 Å². The Labute approximate surface area is 119 Å². The summed E-state index contributed by atoms with van der Waals surface area (Å²) in [6.45, 7) is 2.27. The van der Waals surface area contributed by atoms with Crippen LogP contribution in [0, 0.1) is 11.6 Å². The number of halogens is 5. The van der Waals surface area contributed by atoms with Crippen LogP contribution in [-0.4, -0.2) is 37.3 Å². The molecule has 1 aromatic carbocycles. The number of benzene rings is 1. The normalized spacial score (nSPS) is 18.7. The maximum Gasteiger partial charge on any atom is 0.389 e. The molecule has 1 aliphatic rings. The van der Waals surface area contributed by atoms with Crippen LogP contribution < -0.4 is 5.32 Å². The molecular weight excluding hydrogens is 291 g/mol. The molecule has 2 nitrogen and oxygen atoms in total. The maximum absolute atomic E-state index is 13.9. The van der Waals surface area contributed by atoms with E-state index in [-0.39, 0.29) is 12.0 Å². The van der Waals surface area contributed by atoms with E-state index in [4.69, 9.17) is 0 Å². The lowest BCUT2D eigenvalue weighted by Crippen LogP contribution is -2.45. The Kier molecular flexibility index (Phi) is 5.16. The fourth-order valence-electron chi connectivity index (χ4n) is 2.61. The molecule has 0 bridgehead atoms. The fourth-order valence-corrected chi connectivity index (χ4v) is 2.61. The first-order chi connectivity index (χ1) is 9.88. The number of hydrogen-bond donors (Lipinski definition) is 1. The molecule has 1 aliphatic heterocycles. The predicted octanol–water partition coefficient (Wildman–Crippen LogP) is 3.25. The van der Waals surface area contributed by atoms with Gasteiger partial charge in [0, 0.05) is 44.2 Å². The molecule has 0 unspecified atom stereocenters. The van der Waals surface area contributed by atoms with E-state index in [1.807, 2.05) is 0 Å². The highest BCUT2D eigenvalue weighted by molar-refractivity contribution is 5.23. The number of rotatable bonds is 4. The van der Waals surface area contributed by atoms with E-state index in [1.165, 1.54) is 12.1 Å². The number of hydrogen-bond acceptors (Lipinski definition) is 2. The molecule has 1 fully saturated rings. The molecule has 0 aliphatic carbocycles. The van der Waals surface area contributed by atoms with Crippen molar-refractivity contribution in [3.8, 4) is 0 Å². The van der Waals surface area contributed by atoms with Gasteiger partial charge in [0.2, 0.25) is 0 Å². The summed E-state index contributed by atoms with van der Waals surface area (Å²) >= 11 is 0. The molecule has 21 heavy (non-hydrogen) atoms. The van der Waals surface area contributed by atoms with Crippen molar-refractivity contribution in [2.75, 3.05) is 26.2 Å². The zero-order chi connectivity index (χ0) is 15.5. The van der Waals surface area contributed by atoms with Crippen LogP contribution in [0.15, 0.2) is 18.2 Å². The Morgan fingerprint density at radius 3 is 2.43 bits per heavy atom. The van der Waals surface area contributed by atoms with Crippen LogP contribution in [-0.2, 0) is 0 Å². The Bertz CT molecular complexity index is 469. The number of nitrogens with zero attached hydrogens (tertiary/aromatic N) is 1. The van der Waals surface area contributed by atoms with Crippen molar-refractivity contribution in [1.29, 1.82) is 0 Å². The molecule has 0 aromatic heterocycles. The Morgan fingerprint density at radius 2 is 1.81 bits per heavy atom. The molecule has 0 amide bonds. The largest absolute Gasteiger partial charge is 0.389 e. The molecule has 1 aromatic rings. The molecule has 1 heterocycles. The Balaban J connectivity index is 2.23. The molecule has 0 saturated carbocycles. The molecule has 1 saturated heterocycles. The zero-order valence-electron chi connectivity index (χ0n) is 11.4. The molecule has 0 radical (unpaired) electrons. The van der Waals surface area contributed by atoms with Crippen molar-refractivity contribution in [3.05, 3.63) is 35.4 Å².